The second-order valence-electron chi connectivity index (χ2n) is 5.35. The highest BCUT2D eigenvalue weighted by atomic mass is 35.5. The third kappa shape index (κ3) is 3.17. The van der Waals surface area contributed by atoms with Gasteiger partial charge in [0, 0.05) is 17.0 Å². The molecule has 1 N–H and O–H groups in total. The van der Waals surface area contributed by atoms with Gasteiger partial charge in [-0.1, -0.05) is 48.0 Å². The van der Waals surface area contributed by atoms with Crippen molar-refractivity contribution in [2.75, 3.05) is 0 Å². The second-order valence-corrected chi connectivity index (χ2v) is 5.76. The summed E-state index contributed by atoms with van der Waals surface area (Å²) >= 11 is 6.17. The molecule has 0 radical (unpaired) electrons. The summed E-state index contributed by atoms with van der Waals surface area (Å²) < 4.78 is 0. The first-order valence-corrected chi connectivity index (χ1v) is 6.81. The standard InChI is InChI=1S/C17H19ClO/c1-12-8-9-14(10-13(12)2)11-17(3,19)15-6-4-5-7-16(15)18/h4-10,19H,11H2,1-3H3. The molecule has 0 spiro atoms. The van der Waals surface area contributed by atoms with Crippen LogP contribution >= 0.6 is 11.6 Å². The maximum Gasteiger partial charge on any atom is 0.0923 e. The Kier molecular flexibility index (Phi) is 3.98. The van der Waals surface area contributed by atoms with Crippen molar-refractivity contribution in [2.24, 2.45) is 0 Å². The fraction of sp³-hybridized carbons (Fsp3) is 0.294. The van der Waals surface area contributed by atoms with Crippen molar-refractivity contribution in [2.45, 2.75) is 32.8 Å². The molecular weight excluding hydrogens is 256 g/mol. The Labute approximate surface area is 119 Å². The molecule has 0 heterocycles. The molecule has 0 fully saturated rings. The van der Waals surface area contributed by atoms with Gasteiger partial charge in [0.25, 0.3) is 0 Å². The Morgan fingerprint density at radius 3 is 2.37 bits per heavy atom. The van der Waals surface area contributed by atoms with Gasteiger partial charge in [-0.25, -0.2) is 0 Å². The van der Waals surface area contributed by atoms with Crippen molar-refractivity contribution in [3.05, 3.63) is 69.7 Å². The van der Waals surface area contributed by atoms with Crippen LogP contribution < -0.4 is 0 Å². The third-order valence-electron chi connectivity index (χ3n) is 3.57. The minimum Gasteiger partial charge on any atom is -0.385 e. The zero-order chi connectivity index (χ0) is 14.0. The lowest BCUT2D eigenvalue weighted by Crippen LogP contribution is -2.24. The third-order valence-corrected chi connectivity index (χ3v) is 3.90. The van der Waals surface area contributed by atoms with Gasteiger partial charge in [0.1, 0.15) is 0 Å². The van der Waals surface area contributed by atoms with E-state index in [9.17, 15) is 5.11 Å². The summed E-state index contributed by atoms with van der Waals surface area (Å²) in [7, 11) is 0. The van der Waals surface area contributed by atoms with E-state index in [4.69, 9.17) is 11.6 Å². The average Bonchev–Trinajstić information content (AvgIpc) is 2.34. The number of rotatable bonds is 3. The maximum absolute atomic E-state index is 10.7. The van der Waals surface area contributed by atoms with E-state index >= 15 is 0 Å². The van der Waals surface area contributed by atoms with E-state index < -0.39 is 5.60 Å². The van der Waals surface area contributed by atoms with Crippen molar-refractivity contribution in [1.82, 2.24) is 0 Å². The molecule has 0 amide bonds. The number of aliphatic hydroxyl groups is 1. The molecule has 1 nitrogen and oxygen atoms in total. The summed E-state index contributed by atoms with van der Waals surface area (Å²) in [6, 6.07) is 13.7. The van der Waals surface area contributed by atoms with Crippen molar-refractivity contribution in [3.8, 4) is 0 Å². The molecule has 0 saturated heterocycles. The van der Waals surface area contributed by atoms with Crippen molar-refractivity contribution < 1.29 is 5.11 Å². The molecule has 0 aliphatic rings. The highest BCUT2D eigenvalue weighted by molar-refractivity contribution is 6.31. The highest BCUT2D eigenvalue weighted by Gasteiger charge is 2.25. The highest BCUT2D eigenvalue weighted by Crippen LogP contribution is 2.31. The first-order chi connectivity index (χ1) is 8.90. The fourth-order valence-electron chi connectivity index (χ4n) is 2.30. The molecule has 0 aliphatic carbocycles. The molecular formula is C17H19ClO. The van der Waals surface area contributed by atoms with Crippen LogP contribution in [0.1, 0.15) is 29.2 Å². The van der Waals surface area contributed by atoms with E-state index in [-0.39, 0.29) is 0 Å². The zero-order valence-corrected chi connectivity index (χ0v) is 12.3. The smallest absolute Gasteiger partial charge is 0.0923 e. The zero-order valence-electron chi connectivity index (χ0n) is 11.6. The summed E-state index contributed by atoms with van der Waals surface area (Å²) in [4.78, 5) is 0. The van der Waals surface area contributed by atoms with Crippen LogP contribution in [0.2, 0.25) is 5.02 Å². The molecule has 0 saturated carbocycles. The van der Waals surface area contributed by atoms with Gasteiger partial charge in [-0.15, -0.1) is 0 Å². The quantitative estimate of drug-likeness (QED) is 0.879. The van der Waals surface area contributed by atoms with E-state index in [1.54, 1.807) is 0 Å². The number of hydrogen-bond donors (Lipinski definition) is 1. The normalized spacial score (nSPS) is 14.2. The van der Waals surface area contributed by atoms with E-state index in [0.29, 0.717) is 11.4 Å². The van der Waals surface area contributed by atoms with E-state index in [2.05, 4.69) is 32.0 Å². The number of hydrogen-bond acceptors (Lipinski definition) is 1. The number of halogens is 1. The van der Waals surface area contributed by atoms with Gasteiger partial charge in [0.05, 0.1) is 5.60 Å². The minimum absolute atomic E-state index is 0.553. The summed E-state index contributed by atoms with van der Waals surface area (Å²) in [5.74, 6) is 0. The maximum atomic E-state index is 10.7. The predicted molar refractivity (Wildman–Crippen MR) is 80.6 cm³/mol. The molecule has 1 unspecified atom stereocenters. The molecule has 0 aromatic heterocycles. The van der Waals surface area contributed by atoms with Crippen LogP contribution in [0.5, 0.6) is 0 Å². The lowest BCUT2D eigenvalue weighted by Gasteiger charge is -2.25. The largest absolute Gasteiger partial charge is 0.385 e. The second kappa shape index (κ2) is 5.36. The SMILES string of the molecule is Cc1ccc(CC(C)(O)c2ccccc2Cl)cc1C. The summed E-state index contributed by atoms with van der Waals surface area (Å²) in [5, 5.41) is 11.3. The lowest BCUT2D eigenvalue weighted by atomic mass is 9.88. The van der Waals surface area contributed by atoms with Gasteiger partial charge < -0.3 is 5.11 Å². The molecule has 2 aromatic rings. The monoisotopic (exact) mass is 274 g/mol. The topological polar surface area (TPSA) is 20.2 Å². The Morgan fingerprint density at radius 2 is 1.74 bits per heavy atom. The van der Waals surface area contributed by atoms with Crippen LogP contribution in [-0.2, 0) is 12.0 Å². The van der Waals surface area contributed by atoms with Crippen molar-refractivity contribution >= 4 is 11.6 Å². The van der Waals surface area contributed by atoms with Gasteiger partial charge in [0.15, 0.2) is 0 Å². The summed E-state index contributed by atoms with van der Waals surface area (Å²) in [6.45, 7) is 5.98. The van der Waals surface area contributed by atoms with Crippen LogP contribution in [0.25, 0.3) is 0 Å². The van der Waals surface area contributed by atoms with Gasteiger partial charge in [-0.3, -0.25) is 0 Å². The predicted octanol–water partition coefficient (Wildman–Crippen LogP) is 4.41. The first-order valence-electron chi connectivity index (χ1n) is 6.44. The Morgan fingerprint density at radius 1 is 1.05 bits per heavy atom. The first kappa shape index (κ1) is 14.1. The summed E-state index contributed by atoms with van der Waals surface area (Å²) in [5.41, 5.74) is 3.44. The number of aryl methyl sites for hydroxylation is 2. The molecule has 100 valence electrons. The van der Waals surface area contributed by atoms with Gasteiger partial charge >= 0.3 is 0 Å². The number of benzene rings is 2. The molecule has 2 aromatic carbocycles. The van der Waals surface area contributed by atoms with E-state index in [1.165, 1.54) is 11.1 Å². The van der Waals surface area contributed by atoms with Crippen LogP contribution in [0, 0.1) is 13.8 Å². The van der Waals surface area contributed by atoms with E-state index in [1.807, 2.05) is 31.2 Å². The molecule has 2 heteroatoms. The Hall–Kier alpha value is -1.31. The van der Waals surface area contributed by atoms with Crippen LogP contribution in [0.4, 0.5) is 0 Å². The van der Waals surface area contributed by atoms with Crippen LogP contribution in [-0.4, -0.2) is 5.11 Å². The van der Waals surface area contributed by atoms with Crippen LogP contribution in [0.15, 0.2) is 42.5 Å². The molecule has 2 rings (SSSR count). The minimum atomic E-state index is -0.958. The molecule has 19 heavy (non-hydrogen) atoms. The molecule has 0 aliphatic heterocycles. The molecule has 0 bridgehead atoms. The Balaban J connectivity index is 2.31. The Bertz CT molecular complexity index is 588. The fourth-order valence-corrected chi connectivity index (χ4v) is 2.64. The molecule has 1 atom stereocenters. The van der Waals surface area contributed by atoms with Crippen molar-refractivity contribution in [3.63, 3.8) is 0 Å². The van der Waals surface area contributed by atoms with E-state index in [0.717, 1.165) is 11.1 Å². The average molecular weight is 275 g/mol. The lowest BCUT2D eigenvalue weighted by molar-refractivity contribution is 0.0577. The summed E-state index contributed by atoms with van der Waals surface area (Å²) in [6.07, 6.45) is 0.553. The van der Waals surface area contributed by atoms with Crippen LogP contribution in [0.3, 0.4) is 0 Å². The van der Waals surface area contributed by atoms with Gasteiger partial charge in [-0.05, 0) is 43.5 Å². The van der Waals surface area contributed by atoms with Gasteiger partial charge in [-0.2, -0.15) is 0 Å². The van der Waals surface area contributed by atoms with Crippen molar-refractivity contribution in [1.29, 1.82) is 0 Å². The van der Waals surface area contributed by atoms with Gasteiger partial charge in [0.2, 0.25) is 0 Å².